The highest BCUT2D eigenvalue weighted by Crippen LogP contribution is 2.35. The van der Waals surface area contributed by atoms with E-state index < -0.39 is 11.9 Å². The van der Waals surface area contributed by atoms with Crippen LogP contribution in [0.1, 0.15) is 35.0 Å². The normalized spacial score (nSPS) is 20.9. The van der Waals surface area contributed by atoms with E-state index in [-0.39, 0.29) is 11.8 Å². The minimum Gasteiger partial charge on any atom is -0.388 e. The van der Waals surface area contributed by atoms with Gasteiger partial charge in [0.15, 0.2) is 0 Å². The summed E-state index contributed by atoms with van der Waals surface area (Å²) >= 11 is 1.33. The van der Waals surface area contributed by atoms with Crippen LogP contribution in [0.2, 0.25) is 0 Å². The maximum atomic E-state index is 11.5. The quantitative estimate of drug-likeness (QED) is 0.527. The lowest BCUT2D eigenvalue weighted by Gasteiger charge is -2.22. The third-order valence-corrected chi connectivity index (χ3v) is 3.24. The average molecular weight is 210 g/mol. The van der Waals surface area contributed by atoms with Crippen LogP contribution in [-0.2, 0) is 9.53 Å². The summed E-state index contributed by atoms with van der Waals surface area (Å²) in [7, 11) is 0. The number of cyclic esters (lactones) is 2. The molecule has 1 aromatic heterocycles. The number of fused-ring (bicyclic) bond motifs is 1. The van der Waals surface area contributed by atoms with Crippen molar-refractivity contribution < 1.29 is 14.3 Å². The lowest BCUT2D eigenvalue weighted by molar-refractivity contribution is -0.141. The molecule has 2 heterocycles. The molecule has 0 radical (unpaired) electrons. The SMILES string of the molecule is CC(C)C1C(=O)OC(=O)c2sccc21. The van der Waals surface area contributed by atoms with E-state index in [0.717, 1.165) is 5.56 Å². The summed E-state index contributed by atoms with van der Waals surface area (Å²) in [6, 6.07) is 1.84. The molecule has 0 spiro atoms. The second-order valence-corrected chi connectivity index (χ2v) is 4.55. The molecule has 2 rings (SSSR count). The first-order chi connectivity index (χ1) is 6.61. The molecule has 14 heavy (non-hydrogen) atoms. The molecule has 0 bridgehead atoms. The van der Waals surface area contributed by atoms with Gasteiger partial charge in [-0.05, 0) is 22.9 Å². The van der Waals surface area contributed by atoms with Gasteiger partial charge in [0.05, 0.1) is 5.92 Å². The molecular weight excluding hydrogens is 200 g/mol. The predicted molar refractivity (Wildman–Crippen MR) is 52.3 cm³/mol. The summed E-state index contributed by atoms with van der Waals surface area (Å²) in [6.45, 7) is 3.90. The first kappa shape index (κ1) is 9.40. The molecular formula is C10H10O3S. The minimum absolute atomic E-state index is 0.156. The summed E-state index contributed by atoms with van der Waals surface area (Å²) < 4.78 is 4.68. The van der Waals surface area contributed by atoms with Gasteiger partial charge in [0.2, 0.25) is 0 Å². The smallest absolute Gasteiger partial charge is 0.356 e. The summed E-state index contributed by atoms with van der Waals surface area (Å²) in [5.41, 5.74) is 0.825. The topological polar surface area (TPSA) is 43.4 Å². The van der Waals surface area contributed by atoms with E-state index in [9.17, 15) is 9.59 Å². The van der Waals surface area contributed by atoms with E-state index in [1.807, 2.05) is 25.3 Å². The Morgan fingerprint density at radius 1 is 1.43 bits per heavy atom. The van der Waals surface area contributed by atoms with E-state index >= 15 is 0 Å². The largest absolute Gasteiger partial charge is 0.388 e. The number of hydrogen-bond acceptors (Lipinski definition) is 4. The molecule has 1 aliphatic rings. The monoisotopic (exact) mass is 210 g/mol. The Morgan fingerprint density at radius 3 is 2.79 bits per heavy atom. The number of thiophene rings is 1. The second kappa shape index (κ2) is 3.20. The highest BCUT2D eigenvalue weighted by Gasteiger charge is 2.37. The third-order valence-electron chi connectivity index (χ3n) is 2.33. The fourth-order valence-electron chi connectivity index (χ4n) is 1.69. The van der Waals surface area contributed by atoms with E-state index in [1.165, 1.54) is 11.3 Å². The van der Waals surface area contributed by atoms with Crippen LogP contribution in [0.3, 0.4) is 0 Å². The van der Waals surface area contributed by atoms with Crippen LogP contribution < -0.4 is 0 Å². The van der Waals surface area contributed by atoms with Gasteiger partial charge in [0.25, 0.3) is 0 Å². The van der Waals surface area contributed by atoms with Gasteiger partial charge in [-0.1, -0.05) is 13.8 Å². The molecule has 3 nitrogen and oxygen atoms in total. The minimum atomic E-state index is -0.503. The second-order valence-electron chi connectivity index (χ2n) is 3.64. The average Bonchev–Trinajstić information content (AvgIpc) is 2.51. The van der Waals surface area contributed by atoms with Gasteiger partial charge in [0, 0.05) is 0 Å². The van der Waals surface area contributed by atoms with Crippen LogP contribution in [0.4, 0.5) is 0 Å². The Kier molecular flexibility index (Phi) is 2.15. The van der Waals surface area contributed by atoms with Crippen LogP contribution in [0.15, 0.2) is 11.4 Å². The predicted octanol–water partition coefficient (Wildman–Crippen LogP) is 2.18. The molecule has 0 saturated carbocycles. The molecule has 0 fully saturated rings. The van der Waals surface area contributed by atoms with Crippen molar-refractivity contribution in [3.63, 3.8) is 0 Å². The van der Waals surface area contributed by atoms with Gasteiger partial charge in [-0.15, -0.1) is 11.3 Å². The molecule has 0 aromatic carbocycles. The summed E-state index contributed by atoms with van der Waals surface area (Å²) in [5.74, 6) is -1.05. The van der Waals surface area contributed by atoms with Crippen molar-refractivity contribution >= 4 is 23.3 Å². The van der Waals surface area contributed by atoms with Gasteiger partial charge in [-0.2, -0.15) is 0 Å². The molecule has 1 atom stereocenters. The Labute approximate surface area is 85.7 Å². The number of carbonyl (C=O) groups is 2. The number of rotatable bonds is 1. The number of carbonyl (C=O) groups excluding carboxylic acids is 2. The van der Waals surface area contributed by atoms with E-state index in [0.29, 0.717) is 4.88 Å². The maximum Gasteiger partial charge on any atom is 0.356 e. The van der Waals surface area contributed by atoms with Crippen LogP contribution in [0.25, 0.3) is 0 Å². The third kappa shape index (κ3) is 1.26. The lowest BCUT2D eigenvalue weighted by Crippen LogP contribution is -2.29. The standard InChI is InChI=1S/C10H10O3S/c1-5(2)7-6-3-4-14-8(6)10(12)13-9(7)11/h3-5,7H,1-2H3. The van der Waals surface area contributed by atoms with Gasteiger partial charge < -0.3 is 4.74 Å². The number of esters is 2. The first-order valence-electron chi connectivity index (χ1n) is 4.44. The van der Waals surface area contributed by atoms with Crippen molar-refractivity contribution in [2.24, 2.45) is 5.92 Å². The van der Waals surface area contributed by atoms with Crippen molar-refractivity contribution in [1.82, 2.24) is 0 Å². The number of hydrogen-bond donors (Lipinski definition) is 0. The Hall–Kier alpha value is -1.16. The molecule has 4 heteroatoms. The lowest BCUT2D eigenvalue weighted by atomic mass is 9.87. The van der Waals surface area contributed by atoms with E-state index in [2.05, 4.69) is 4.74 Å². The van der Waals surface area contributed by atoms with Crippen molar-refractivity contribution in [3.05, 3.63) is 21.9 Å². The van der Waals surface area contributed by atoms with Crippen LogP contribution in [0, 0.1) is 5.92 Å². The number of ether oxygens (including phenoxy) is 1. The molecule has 0 N–H and O–H groups in total. The zero-order valence-corrected chi connectivity index (χ0v) is 8.76. The van der Waals surface area contributed by atoms with Crippen LogP contribution >= 0.6 is 11.3 Å². The first-order valence-corrected chi connectivity index (χ1v) is 5.32. The Bertz CT molecular complexity index is 392. The molecule has 0 saturated heterocycles. The Morgan fingerprint density at radius 2 is 2.14 bits per heavy atom. The molecule has 1 aliphatic heterocycles. The fraction of sp³-hybridized carbons (Fsp3) is 0.400. The molecule has 1 unspecified atom stereocenters. The van der Waals surface area contributed by atoms with Crippen molar-refractivity contribution in [2.45, 2.75) is 19.8 Å². The molecule has 0 aliphatic carbocycles. The van der Waals surface area contributed by atoms with Gasteiger partial charge in [0.1, 0.15) is 4.88 Å². The highest BCUT2D eigenvalue weighted by atomic mass is 32.1. The Balaban J connectivity index is 2.51. The zero-order valence-electron chi connectivity index (χ0n) is 7.94. The summed E-state index contributed by atoms with van der Waals surface area (Å²) in [6.07, 6.45) is 0. The van der Waals surface area contributed by atoms with Crippen LogP contribution in [0.5, 0.6) is 0 Å². The van der Waals surface area contributed by atoms with E-state index in [4.69, 9.17) is 0 Å². The van der Waals surface area contributed by atoms with Crippen molar-refractivity contribution in [2.75, 3.05) is 0 Å². The maximum absolute atomic E-state index is 11.5. The van der Waals surface area contributed by atoms with Crippen LogP contribution in [-0.4, -0.2) is 11.9 Å². The molecule has 1 aromatic rings. The summed E-state index contributed by atoms with van der Waals surface area (Å²) in [4.78, 5) is 23.3. The van der Waals surface area contributed by atoms with Crippen molar-refractivity contribution in [3.8, 4) is 0 Å². The van der Waals surface area contributed by atoms with Gasteiger partial charge >= 0.3 is 11.9 Å². The molecule has 74 valence electrons. The summed E-state index contributed by atoms with van der Waals surface area (Å²) in [5, 5.41) is 1.82. The van der Waals surface area contributed by atoms with Gasteiger partial charge in [-0.3, -0.25) is 4.79 Å². The van der Waals surface area contributed by atoms with E-state index in [1.54, 1.807) is 0 Å². The zero-order chi connectivity index (χ0) is 10.3. The molecule has 0 amide bonds. The fourth-order valence-corrected chi connectivity index (χ4v) is 2.51. The highest BCUT2D eigenvalue weighted by molar-refractivity contribution is 7.12. The van der Waals surface area contributed by atoms with Gasteiger partial charge in [-0.25, -0.2) is 4.79 Å². The van der Waals surface area contributed by atoms with Crippen molar-refractivity contribution in [1.29, 1.82) is 0 Å².